The van der Waals surface area contributed by atoms with Gasteiger partial charge in [-0.05, 0) is 12.8 Å². The largest absolute Gasteiger partial charge is 0.453 e. The number of carbonyl (C=O) groups is 2. The third-order valence-electron chi connectivity index (χ3n) is 2.77. The second-order valence-electron chi connectivity index (χ2n) is 4.32. The van der Waals surface area contributed by atoms with Crippen molar-refractivity contribution in [1.82, 2.24) is 9.80 Å². The second-order valence-corrected chi connectivity index (χ2v) is 4.32. The summed E-state index contributed by atoms with van der Waals surface area (Å²) in [6.07, 6.45) is 2.86. The lowest BCUT2D eigenvalue weighted by Crippen LogP contribution is -2.45. The zero-order valence-electron chi connectivity index (χ0n) is 12.5. The molecule has 0 heterocycles. The molecular formula is C13H26N2O4. The van der Waals surface area contributed by atoms with Crippen LogP contribution in [0.15, 0.2) is 0 Å². The topological polar surface area (TPSA) is 59.1 Å². The molecule has 0 N–H and O–H groups in total. The number of carbonyl (C=O) groups excluding carboxylic acids is 2. The van der Waals surface area contributed by atoms with E-state index in [1.54, 1.807) is 0 Å². The molecule has 6 nitrogen and oxygen atoms in total. The second kappa shape index (κ2) is 10.5. The molecule has 0 aromatic rings. The highest BCUT2D eigenvalue weighted by atomic mass is 16.5. The van der Waals surface area contributed by atoms with Gasteiger partial charge in [0.25, 0.3) is 0 Å². The first kappa shape index (κ1) is 17.5. The highest BCUT2D eigenvalue weighted by molar-refractivity contribution is 5.70. The first-order valence-electron chi connectivity index (χ1n) is 6.76. The fourth-order valence-corrected chi connectivity index (χ4v) is 1.60. The van der Waals surface area contributed by atoms with Crippen molar-refractivity contribution in [3.63, 3.8) is 0 Å². The third-order valence-corrected chi connectivity index (χ3v) is 2.77. The van der Waals surface area contributed by atoms with Crippen molar-refractivity contribution in [3.8, 4) is 0 Å². The Kier molecular flexibility index (Phi) is 9.66. The van der Waals surface area contributed by atoms with Gasteiger partial charge in [0.05, 0.1) is 14.2 Å². The molecule has 0 rings (SSSR count). The van der Waals surface area contributed by atoms with Crippen LogP contribution < -0.4 is 0 Å². The van der Waals surface area contributed by atoms with E-state index >= 15 is 0 Å². The summed E-state index contributed by atoms with van der Waals surface area (Å²) >= 11 is 0. The summed E-state index contributed by atoms with van der Waals surface area (Å²) in [4.78, 5) is 26.4. The summed E-state index contributed by atoms with van der Waals surface area (Å²) in [5.41, 5.74) is 0. The molecule has 0 aliphatic rings. The van der Waals surface area contributed by atoms with E-state index < -0.39 is 12.2 Å². The van der Waals surface area contributed by atoms with Crippen LogP contribution in [0.1, 0.15) is 39.5 Å². The average Bonchev–Trinajstić information content (AvgIpc) is 2.44. The van der Waals surface area contributed by atoms with E-state index in [1.165, 1.54) is 24.0 Å². The standard InChI is InChI=1S/C13H26N2O4/c1-5-7-9-14(12(16)18-3)11-15(10-8-6-2)13(17)19-4/h5-11H2,1-4H3. The molecule has 0 spiro atoms. The Hall–Kier alpha value is -1.46. The first-order valence-corrected chi connectivity index (χ1v) is 6.76. The molecule has 0 saturated heterocycles. The van der Waals surface area contributed by atoms with Crippen LogP contribution in [0.5, 0.6) is 0 Å². The third kappa shape index (κ3) is 6.88. The van der Waals surface area contributed by atoms with Gasteiger partial charge in [0.15, 0.2) is 0 Å². The van der Waals surface area contributed by atoms with E-state index in [1.807, 2.05) is 13.8 Å². The highest BCUT2D eigenvalue weighted by Crippen LogP contribution is 2.04. The summed E-state index contributed by atoms with van der Waals surface area (Å²) in [5, 5.41) is 0. The van der Waals surface area contributed by atoms with Crippen LogP contribution in [0.2, 0.25) is 0 Å². The van der Waals surface area contributed by atoms with Crippen LogP contribution in [0.25, 0.3) is 0 Å². The van der Waals surface area contributed by atoms with E-state index in [0.717, 1.165) is 25.7 Å². The maximum absolute atomic E-state index is 11.7. The van der Waals surface area contributed by atoms with Gasteiger partial charge >= 0.3 is 12.2 Å². The maximum Gasteiger partial charge on any atom is 0.410 e. The molecule has 0 aromatic carbocycles. The predicted molar refractivity (Wildman–Crippen MR) is 72.9 cm³/mol. The number of hydrogen-bond donors (Lipinski definition) is 0. The van der Waals surface area contributed by atoms with Crippen molar-refractivity contribution in [1.29, 1.82) is 0 Å². The van der Waals surface area contributed by atoms with Gasteiger partial charge in [0.2, 0.25) is 0 Å². The minimum atomic E-state index is -0.418. The molecule has 0 aromatic heterocycles. The SMILES string of the molecule is CCCCN(CN(CCCC)C(=O)OC)C(=O)OC. The summed E-state index contributed by atoms with van der Waals surface area (Å²) in [7, 11) is 2.69. The fraction of sp³-hybridized carbons (Fsp3) is 0.846. The monoisotopic (exact) mass is 274 g/mol. The molecule has 0 fully saturated rings. The minimum absolute atomic E-state index is 0.208. The molecule has 19 heavy (non-hydrogen) atoms. The van der Waals surface area contributed by atoms with Gasteiger partial charge in [0, 0.05) is 13.1 Å². The minimum Gasteiger partial charge on any atom is -0.453 e. The lowest BCUT2D eigenvalue weighted by molar-refractivity contribution is 0.0742. The molecule has 6 heteroatoms. The van der Waals surface area contributed by atoms with E-state index in [2.05, 4.69) is 0 Å². The van der Waals surface area contributed by atoms with Crippen LogP contribution in [-0.2, 0) is 9.47 Å². The van der Waals surface area contributed by atoms with Gasteiger partial charge in [-0.25, -0.2) is 9.59 Å². The molecule has 0 saturated carbocycles. The van der Waals surface area contributed by atoms with E-state index in [4.69, 9.17) is 9.47 Å². The van der Waals surface area contributed by atoms with Crippen molar-refractivity contribution >= 4 is 12.2 Å². The van der Waals surface area contributed by atoms with Crippen LogP contribution >= 0.6 is 0 Å². The number of methoxy groups -OCH3 is 2. The van der Waals surface area contributed by atoms with Crippen molar-refractivity contribution in [2.24, 2.45) is 0 Å². The Labute approximate surface area is 115 Å². The summed E-state index contributed by atoms with van der Waals surface area (Å²) < 4.78 is 9.47. The molecule has 0 atom stereocenters. The quantitative estimate of drug-likeness (QED) is 0.638. The number of ether oxygens (including phenoxy) is 2. The fourth-order valence-electron chi connectivity index (χ4n) is 1.60. The van der Waals surface area contributed by atoms with Crippen LogP contribution in [0.4, 0.5) is 9.59 Å². The first-order chi connectivity index (χ1) is 9.10. The van der Waals surface area contributed by atoms with Gasteiger partial charge in [-0.1, -0.05) is 26.7 Å². The number of nitrogens with zero attached hydrogens (tertiary/aromatic N) is 2. The normalized spacial score (nSPS) is 9.89. The zero-order chi connectivity index (χ0) is 14.7. The van der Waals surface area contributed by atoms with Crippen molar-refractivity contribution in [3.05, 3.63) is 0 Å². The van der Waals surface area contributed by atoms with Crippen LogP contribution in [-0.4, -0.2) is 56.0 Å². The lowest BCUT2D eigenvalue weighted by atomic mass is 10.3. The summed E-state index contributed by atoms with van der Waals surface area (Å²) in [6, 6.07) is 0. The summed E-state index contributed by atoms with van der Waals surface area (Å²) in [6.45, 7) is 5.44. The van der Waals surface area contributed by atoms with Crippen molar-refractivity contribution in [2.75, 3.05) is 34.0 Å². The van der Waals surface area contributed by atoms with E-state index in [9.17, 15) is 9.59 Å². The van der Waals surface area contributed by atoms with Gasteiger partial charge in [0.1, 0.15) is 6.67 Å². The average molecular weight is 274 g/mol. The number of rotatable bonds is 8. The van der Waals surface area contributed by atoms with Crippen molar-refractivity contribution < 1.29 is 19.1 Å². The number of unbranched alkanes of at least 4 members (excludes halogenated alkanes) is 2. The predicted octanol–water partition coefficient (Wildman–Crippen LogP) is 2.68. The zero-order valence-corrected chi connectivity index (χ0v) is 12.5. The van der Waals surface area contributed by atoms with Gasteiger partial charge in [-0.3, -0.25) is 9.80 Å². The van der Waals surface area contributed by atoms with Crippen LogP contribution in [0.3, 0.4) is 0 Å². The van der Waals surface area contributed by atoms with Crippen molar-refractivity contribution in [2.45, 2.75) is 39.5 Å². The molecule has 112 valence electrons. The maximum atomic E-state index is 11.7. The molecular weight excluding hydrogens is 248 g/mol. The van der Waals surface area contributed by atoms with Gasteiger partial charge in [-0.15, -0.1) is 0 Å². The molecule has 0 aliphatic carbocycles. The van der Waals surface area contributed by atoms with Gasteiger partial charge in [-0.2, -0.15) is 0 Å². The Morgan fingerprint density at radius 3 is 1.47 bits per heavy atom. The summed E-state index contributed by atoms with van der Waals surface area (Å²) in [5.74, 6) is 0. The Morgan fingerprint density at radius 2 is 1.21 bits per heavy atom. The number of amides is 2. The highest BCUT2D eigenvalue weighted by Gasteiger charge is 2.21. The lowest BCUT2D eigenvalue weighted by Gasteiger charge is -2.28. The molecule has 0 unspecified atom stereocenters. The smallest absolute Gasteiger partial charge is 0.410 e. The Bertz CT molecular complexity index is 245. The van der Waals surface area contributed by atoms with E-state index in [-0.39, 0.29) is 6.67 Å². The molecule has 2 amide bonds. The number of hydrogen-bond acceptors (Lipinski definition) is 4. The molecule has 0 aliphatic heterocycles. The van der Waals surface area contributed by atoms with Gasteiger partial charge < -0.3 is 9.47 Å². The molecule has 0 bridgehead atoms. The Balaban J connectivity index is 4.60. The van der Waals surface area contributed by atoms with Crippen LogP contribution in [0, 0.1) is 0 Å². The van der Waals surface area contributed by atoms with E-state index in [0.29, 0.717) is 13.1 Å². The Morgan fingerprint density at radius 1 is 0.842 bits per heavy atom. The molecule has 0 radical (unpaired) electrons.